The van der Waals surface area contributed by atoms with Gasteiger partial charge in [0.15, 0.2) is 5.78 Å². The molecule has 0 bridgehead atoms. The highest BCUT2D eigenvalue weighted by molar-refractivity contribution is 9.10. The Bertz CT molecular complexity index is 460. The molecule has 0 aliphatic heterocycles. The van der Waals surface area contributed by atoms with Crippen molar-refractivity contribution < 1.29 is 4.79 Å². The number of ketones is 1. The minimum Gasteiger partial charge on any atom is -0.293 e. The van der Waals surface area contributed by atoms with Crippen LogP contribution in [0.1, 0.15) is 36.2 Å². The first kappa shape index (κ1) is 13.9. The molecule has 1 aromatic rings. The number of halogens is 1. The molecule has 0 N–H and O–H groups in total. The van der Waals surface area contributed by atoms with Gasteiger partial charge in [-0.05, 0) is 31.4 Å². The molecule has 0 aliphatic rings. The lowest BCUT2D eigenvalue weighted by molar-refractivity contribution is 0.0936. The second-order valence-electron chi connectivity index (χ2n) is 4.66. The lowest BCUT2D eigenvalue weighted by atomic mass is 9.90. The molecule has 90 valence electrons. The summed E-state index contributed by atoms with van der Waals surface area (Å²) in [5.74, 6) is -0.294. The van der Waals surface area contributed by atoms with Gasteiger partial charge in [-0.15, -0.1) is 0 Å². The number of hydrogen-bond acceptors (Lipinski definition) is 2. The van der Waals surface area contributed by atoms with Crippen molar-refractivity contribution in [3.05, 3.63) is 33.8 Å². The summed E-state index contributed by atoms with van der Waals surface area (Å²) in [4.78, 5) is 12.2. The van der Waals surface area contributed by atoms with Gasteiger partial charge in [0.2, 0.25) is 0 Å². The molecule has 0 heterocycles. The molecule has 0 aromatic heterocycles. The van der Waals surface area contributed by atoms with Crippen molar-refractivity contribution in [1.29, 1.82) is 5.26 Å². The molecule has 2 nitrogen and oxygen atoms in total. The normalized spacial score (nSPS) is 12.2. The van der Waals surface area contributed by atoms with Crippen molar-refractivity contribution in [2.75, 3.05) is 0 Å². The first-order chi connectivity index (χ1) is 7.95. The minimum atomic E-state index is -0.548. The zero-order valence-electron chi connectivity index (χ0n) is 10.3. The highest BCUT2D eigenvalue weighted by Crippen LogP contribution is 2.24. The first-order valence-electron chi connectivity index (χ1n) is 5.65. The summed E-state index contributed by atoms with van der Waals surface area (Å²) in [5.41, 5.74) is 1.63. The van der Waals surface area contributed by atoms with Gasteiger partial charge in [0, 0.05) is 10.0 Å². The molecule has 0 radical (unpaired) electrons. The number of nitrogens with zero attached hydrogens (tertiary/aromatic N) is 1. The summed E-state index contributed by atoms with van der Waals surface area (Å²) in [5, 5.41) is 9.08. The van der Waals surface area contributed by atoms with E-state index in [1.807, 2.05) is 39.0 Å². The Labute approximate surface area is 111 Å². The molecule has 3 heteroatoms. The molecule has 0 amide bonds. The summed E-state index contributed by atoms with van der Waals surface area (Å²) in [6, 6.07) is 7.73. The standard InChI is InChI=1S/C14H16BrNO/c1-9(2)6-11(8-16)14(17)12-7-10(3)4-5-13(12)15/h4-5,7,9,11H,6H2,1-3H3. The first-order valence-corrected chi connectivity index (χ1v) is 6.45. The minimum absolute atomic E-state index is 0.0863. The van der Waals surface area contributed by atoms with Crippen LogP contribution < -0.4 is 0 Å². The van der Waals surface area contributed by atoms with Crippen molar-refractivity contribution in [3.63, 3.8) is 0 Å². The van der Waals surface area contributed by atoms with Crippen LogP contribution in [0.2, 0.25) is 0 Å². The average molecular weight is 294 g/mol. The maximum absolute atomic E-state index is 12.2. The molecule has 0 aliphatic carbocycles. The quantitative estimate of drug-likeness (QED) is 0.783. The van der Waals surface area contributed by atoms with Gasteiger partial charge in [-0.3, -0.25) is 4.79 Å². The van der Waals surface area contributed by atoms with E-state index in [1.54, 1.807) is 0 Å². The van der Waals surface area contributed by atoms with E-state index >= 15 is 0 Å². The largest absolute Gasteiger partial charge is 0.293 e. The van der Waals surface area contributed by atoms with E-state index < -0.39 is 5.92 Å². The molecular formula is C14H16BrNO. The predicted octanol–water partition coefficient (Wildman–Crippen LogP) is 4.13. The van der Waals surface area contributed by atoms with E-state index in [-0.39, 0.29) is 5.78 Å². The van der Waals surface area contributed by atoms with Crippen LogP contribution in [-0.4, -0.2) is 5.78 Å². The maximum Gasteiger partial charge on any atom is 0.181 e. The van der Waals surface area contributed by atoms with E-state index in [0.29, 0.717) is 17.9 Å². The number of aryl methyl sites for hydroxylation is 1. The Balaban J connectivity index is 3.02. The lowest BCUT2D eigenvalue weighted by Gasteiger charge is -2.12. The summed E-state index contributed by atoms with van der Waals surface area (Å²) in [6.45, 7) is 5.97. The second kappa shape index (κ2) is 5.97. The summed E-state index contributed by atoms with van der Waals surface area (Å²) >= 11 is 3.36. The fourth-order valence-corrected chi connectivity index (χ4v) is 2.15. The monoisotopic (exact) mass is 293 g/mol. The number of hydrogen-bond donors (Lipinski definition) is 0. The summed E-state index contributed by atoms with van der Waals surface area (Å²) in [6.07, 6.45) is 0.607. The molecule has 1 unspecified atom stereocenters. The van der Waals surface area contributed by atoms with Crippen LogP contribution >= 0.6 is 15.9 Å². The summed E-state index contributed by atoms with van der Waals surface area (Å²) < 4.78 is 0.761. The molecule has 1 aromatic carbocycles. The molecule has 0 saturated heterocycles. The van der Waals surface area contributed by atoms with Crippen LogP contribution in [0.25, 0.3) is 0 Å². The van der Waals surface area contributed by atoms with Crippen molar-refractivity contribution in [2.45, 2.75) is 27.2 Å². The van der Waals surface area contributed by atoms with Gasteiger partial charge >= 0.3 is 0 Å². The van der Waals surface area contributed by atoms with Gasteiger partial charge in [-0.25, -0.2) is 0 Å². The second-order valence-corrected chi connectivity index (χ2v) is 5.51. The van der Waals surface area contributed by atoms with Crippen molar-refractivity contribution in [2.24, 2.45) is 11.8 Å². The Hall–Kier alpha value is -1.14. The predicted molar refractivity (Wildman–Crippen MR) is 71.8 cm³/mol. The van der Waals surface area contributed by atoms with Crippen LogP contribution in [0, 0.1) is 30.1 Å². The van der Waals surface area contributed by atoms with E-state index in [1.165, 1.54) is 0 Å². The fourth-order valence-electron chi connectivity index (χ4n) is 1.71. The topological polar surface area (TPSA) is 40.9 Å². The van der Waals surface area contributed by atoms with E-state index in [0.717, 1.165) is 10.0 Å². The van der Waals surface area contributed by atoms with Gasteiger partial charge in [-0.2, -0.15) is 5.26 Å². The average Bonchev–Trinajstić information content (AvgIpc) is 2.28. The van der Waals surface area contributed by atoms with Crippen molar-refractivity contribution in [1.82, 2.24) is 0 Å². The van der Waals surface area contributed by atoms with Crippen LogP contribution in [0.15, 0.2) is 22.7 Å². The highest BCUT2D eigenvalue weighted by Gasteiger charge is 2.22. The SMILES string of the molecule is Cc1ccc(Br)c(C(=O)C(C#N)CC(C)C)c1. The Morgan fingerprint density at radius 3 is 2.65 bits per heavy atom. The van der Waals surface area contributed by atoms with Gasteiger partial charge in [0.05, 0.1) is 6.07 Å². The Morgan fingerprint density at radius 2 is 2.12 bits per heavy atom. The molecule has 0 fully saturated rings. The lowest BCUT2D eigenvalue weighted by Crippen LogP contribution is -2.16. The Morgan fingerprint density at radius 1 is 1.47 bits per heavy atom. The maximum atomic E-state index is 12.2. The zero-order chi connectivity index (χ0) is 13.0. The van der Waals surface area contributed by atoms with Crippen LogP contribution in [-0.2, 0) is 0 Å². The number of rotatable bonds is 4. The van der Waals surface area contributed by atoms with Gasteiger partial charge in [0.25, 0.3) is 0 Å². The Kier molecular flexibility index (Phi) is 4.89. The van der Waals surface area contributed by atoms with E-state index in [9.17, 15) is 4.79 Å². The van der Waals surface area contributed by atoms with Crippen molar-refractivity contribution >= 4 is 21.7 Å². The van der Waals surface area contributed by atoms with Crippen LogP contribution in [0.4, 0.5) is 0 Å². The van der Waals surface area contributed by atoms with E-state index in [4.69, 9.17) is 5.26 Å². The van der Waals surface area contributed by atoms with Crippen LogP contribution in [0.5, 0.6) is 0 Å². The van der Waals surface area contributed by atoms with Crippen LogP contribution in [0.3, 0.4) is 0 Å². The molecule has 1 atom stereocenters. The molecule has 1 rings (SSSR count). The van der Waals surface area contributed by atoms with Gasteiger partial charge in [0.1, 0.15) is 5.92 Å². The third kappa shape index (κ3) is 3.67. The number of carbonyl (C=O) groups excluding carboxylic acids is 1. The van der Waals surface area contributed by atoms with E-state index in [2.05, 4.69) is 22.0 Å². The number of nitriles is 1. The molecule has 17 heavy (non-hydrogen) atoms. The van der Waals surface area contributed by atoms with Gasteiger partial charge in [-0.1, -0.05) is 41.4 Å². The van der Waals surface area contributed by atoms with Gasteiger partial charge < -0.3 is 0 Å². The molecular weight excluding hydrogens is 278 g/mol. The highest BCUT2D eigenvalue weighted by atomic mass is 79.9. The number of benzene rings is 1. The molecule has 0 spiro atoms. The molecule has 0 saturated carbocycles. The number of carbonyl (C=O) groups is 1. The smallest absolute Gasteiger partial charge is 0.181 e. The fraction of sp³-hybridized carbons (Fsp3) is 0.429. The summed E-state index contributed by atoms with van der Waals surface area (Å²) in [7, 11) is 0. The zero-order valence-corrected chi connectivity index (χ0v) is 11.9. The third-order valence-corrected chi connectivity index (χ3v) is 3.26. The third-order valence-electron chi connectivity index (χ3n) is 2.57. The van der Waals surface area contributed by atoms with Crippen molar-refractivity contribution in [3.8, 4) is 6.07 Å². The number of Topliss-reactive ketones (excluding diaryl/α,β-unsaturated/α-hetero) is 1.